The number of hydrogen-bond acceptors (Lipinski definition) is 5. The summed E-state index contributed by atoms with van der Waals surface area (Å²) in [6.45, 7) is 9.74. The molecule has 128 valence electrons. The largest absolute Gasteiger partial charge is 0.444 e. The topological polar surface area (TPSA) is 58.6 Å². The van der Waals surface area contributed by atoms with Crippen LogP contribution in [0.25, 0.3) is 11.0 Å². The quantitative estimate of drug-likeness (QED) is 0.805. The number of ether oxygens (including phenoxy) is 1. The summed E-state index contributed by atoms with van der Waals surface area (Å²) in [6, 6.07) is 7.89. The molecule has 1 amide bonds. The summed E-state index contributed by atoms with van der Waals surface area (Å²) in [7, 11) is 0. The minimum Gasteiger partial charge on any atom is -0.444 e. The summed E-state index contributed by atoms with van der Waals surface area (Å²) in [5, 5.41) is 0. The van der Waals surface area contributed by atoms with Gasteiger partial charge >= 0.3 is 6.09 Å². The van der Waals surface area contributed by atoms with Crippen LogP contribution in [0, 0.1) is 0 Å². The number of hydrogen-bond donors (Lipinski definition) is 0. The van der Waals surface area contributed by atoms with E-state index < -0.39 is 5.60 Å². The Hall–Kier alpha value is -2.37. The van der Waals surface area contributed by atoms with Crippen molar-refractivity contribution in [3.8, 4) is 0 Å². The maximum Gasteiger partial charge on any atom is 0.410 e. The first kappa shape index (κ1) is 16.5. The van der Waals surface area contributed by atoms with Crippen molar-refractivity contribution in [1.82, 2.24) is 14.9 Å². The standard InChI is InChI=1S/C18H24N4O2/c1-13-12-21(9-10-22(13)17(23)24-18(2,3)4)16-11-19-14-7-5-6-8-15(14)20-16/h5-8,11,13H,9-10,12H2,1-4H3/t13-/m0/s1. The average molecular weight is 328 g/mol. The maximum atomic E-state index is 12.3. The van der Waals surface area contributed by atoms with Crippen LogP contribution in [0.4, 0.5) is 10.6 Å². The molecule has 1 atom stereocenters. The Bertz CT molecular complexity index is 741. The lowest BCUT2D eigenvalue weighted by molar-refractivity contribution is 0.0158. The van der Waals surface area contributed by atoms with Crippen molar-refractivity contribution >= 4 is 22.9 Å². The van der Waals surface area contributed by atoms with Crippen LogP contribution in [0.5, 0.6) is 0 Å². The van der Waals surface area contributed by atoms with Crippen LogP contribution in [0.1, 0.15) is 27.7 Å². The van der Waals surface area contributed by atoms with Crippen LogP contribution < -0.4 is 4.90 Å². The maximum absolute atomic E-state index is 12.3. The monoisotopic (exact) mass is 328 g/mol. The van der Waals surface area contributed by atoms with Gasteiger partial charge in [0.25, 0.3) is 0 Å². The number of nitrogens with zero attached hydrogens (tertiary/aromatic N) is 4. The Morgan fingerprint density at radius 1 is 1.21 bits per heavy atom. The van der Waals surface area contributed by atoms with Gasteiger partial charge in [-0.15, -0.1) is 0 Å². The van der Waals surface area contributed by atoms with E-state index in [1.807, 2.05) is 52.0 Å². The number of carbonyl (C=O) groups excluding carboxylic acids is 1. The number of benzene rings is 1. The van der Waals surface area contributed by atoms with Gasteiger partial charge in [0.2, 0.25) is 0 Å². The van der Waals surface area contributed by atoms with E-state index in [9.17, 15) is 4.79 Å². The Labute approximate surface area is 142 Å². The molecule has 0 N–H and O–H groups in total. The van der Waals surface area contributed by atoms with Crippen molar-refractivity contribution in [1.29, 1.82) is 0 Å². The van der Waals surface area contributed by atoms with E-state index in [0.29, 0.717) is 13.1 Å². The van der Waals surface area contributed by atoms with Crippen LogP contribution in [0.2, 0.25) is 0 Å². The van der Waals surface area contributed by atoms with Crippen molar-refractivity contribution in [3.63, 3.8) is 0 Å². The predicted molar refractivity (Wildman–Crippen MR) is 94.2 cm³/mol. The van der Waals surface area contributed by atoms with Gasteiger partial charge in [-0.3, -0.25) is 4.98 Å². The molecule has 2 aromatic rings. The second-order valence-corrected chi connectivity index (χ2v) is 7.19. The molecule has 0 aliphatic carbocycles. The van der Waals surface area contributed by atoms with Gasteiger partial charge in [-0.2, -0.15) is 0 Å². The number of aromatic nitrogens is 2. The first-order valence-corrected chi connectivity index (χ1v) is 8.30. The van der Waals surface area contributed by atoms with Gasteiger partial charge in [0.1, 0.15) is 11.4 Å². The highest BCUT2D eigenvalue weighted by Crippen LogP contribution is 2.21. The zero-order valence-electron chi connectivity index (χ0n) is 14.7. The first-order valence-electron chi connectivity index (χ1n) is 8.30. The number of piperazine rings is 1. The number of fused-ring (bicyclic) bond motifs is 1. The van der Waals surface area contributed by atoms with Gasteiger partial charge in [-0.1, -0.05) is 12.1 Å². The molecule has 1 aromatic heterocycles. The van der Waals surface area contributed by atoms with Gasteiger partial charge in [0.15, 0.2) is 0 Å². The van der Waals surface area contributed by atoms with Crippen molar-refractivity contribution in [3.05, 3.63) is 30.5 Å². The smallest absolute Gasteiger partial charge is 0.410 e. The Morgan fingerprint density at radius 3 is 2.58 bits per heavy atom. The number of rotatable bonds is 1. The van der Waals surface area contributed by atoms with Gasteiger partial charge < -0.3 is 14.5 Å². The van der Waals surface area contributed by atoms with E-state index in [-0.39, 0.29) is 12.1 Å². The van der Waals surface area contributed by atoms with E-state index in [0.717, 1.165) is 23.4 Å². The molecule has 6 heteroatoms. The van der Waals surface area contributed by atoms with Crippen LogP contribution in [-0.4, -0.2) is 52.2 Å². The molecule has 0 radical (unpaired) electrons. The van der Waals surface area contributed by atoms with Gasteiger partial charge in [0, 0.05) is 25.7 Å². The zero-order valence-corrected chi connectivity index (χ0v) is 14.7. The molecule has 0 spiro atoms. The summed E-state index contributed by atoms with van der Waals surface area (Å²) in [5.74, 6) is 0.851. The van der Waals surface area contributed by atoms with Crippen LogP contribution in [0.3, 0.4) is 0 Å². The minimum atomic E-state index is -0.474. The fourth-order valence-electron chi connectivity index (χ4n) is 2.86. The van der Waals surface area contributed by atoms with Crippen LogP contribution in [0.15, 0.2) is 30.5 Å². The molecule has 1 saturated heterocycles. The molecule has 0 unspecified atom stereocenters. The molecule has 3 rings (SSSR count). The minimum absolute atomic E-state index is 0.0573. The third-order valence-electron chi connectivity index (χ3n) is 4.02. The van der Waals surface area contributed by atoms with E-state index in [1.54, 1.807) is 11.1 Å². The molecular weight excluding hydrogens is 304 g/mol. The Balaban J connectivity index is 1.71. The van der Waals surface area contributed by atoms with Crippen molar-refractivity contribution in [2.45, 2.75) is 39.3 Å². The molecule has 1 fully saturated rings. The Morgan fingerprint density at radius 2 is 1.92 bits per heavy atom. The lowest BCUT2D eigenvalue weighted by atomic mass is 10.2. The summed E-state index contributed by atoms with van der Waals surface area (Å²) < 4.78 is 5.49. The fourth-order valence-corrected chi connectivity index (χ4v) is 2.86. The normalized spacial score (nSPS) is 18.8. The van der Waals surface area contributed by atoms with Crippen molar-refractivity contribution in [2.75, 3.05) is 24.5 Å². The van der Waals surface area contributed by atoms with Gasteiger partial charge in [-0.25, -0.2) is 9.78 Å². The average Bonchev–Trinajstić information content (AvgIpc) is 2.52. The second kappa shape index (κ2) is 6.26. The summed E-state index contributed by atoms with van der Waals surface area (Å²) in [5.41, 5.74) is 1.30. The van der Waals surface area contributed by atoms with Gasteiger partial charge in [-0.05, 0) is 39.8 Å². The number of carbonyl (C=O) groups is 1. The molecular formula is C18H24N4O2. The zero-order chi connectivity index (χ0) is 17.3. The molecule has 24 heavy (non-hydrogen) atoms. The molecule has 2 heterocycles. The number of amides is 1. The van der Waals surface area contributed by atoms with Crippen LogP contribution in [-0.2, 0) is 4.74 Å². The van der Waals surface area contributed by atoms with E-state index in [4.69, 9.17) is 9.72 Å². The van der Waals surface area contributed by atoms with Gasteiger partial charge in [0.05, 0.1) is 17.2 Å². The lowest BCUT2D eigenvalue weighted by Gasteiger charge is -2.40. The SMILES string of the molecule is C[C@H]1CN(c2cnc3ccccc3n2)CCN1C(=O)OC(C)(C)C. The highest BCUT2D eigenvalue weighted by Gasteiger charge is 2.31. The van der Waals surface area contributed by atoms with Crippen molar-refractivity contribution in [2.24, 2.45) is 0 Å². The predicted octanol–water partition coefficient (Wildman–Crippen LogP) is 3.08. The third-order valence-corrected chi connectivity index (χ3v) is 4.02. The van der Waals surface area contributed by atoms with E-state index in [1.165, 1.54) is 0 Å². The van der Waals surface area contributed by atoms with E-state index in [2.05, 4.69) is 9.88 Å². The summed E-state index contributed by atoms with van der Waals surface area (Å²) in [6.07, 6.45) is 1.55. The highest BCUT2D eigenvalue weighted by atomic mass is 16.6. The molecule has 1 aromatic carbocycles. The third kappa shape index (κ3) is 3.58. The molecule has 1 aliphatic rings. The van der Waals surface area contributed by atoms with Crippen LogP contribution >= 0.6 is 0 Å². The second-order valence-electron chi connectivity index (χ2n) is 7.19. The van der Waals surface area contributed by atoms with E-state index >= 15 is 0 Å². The Kier molecular flexibility index (Phi) is 4.30. The number of anilines is 1. The summed E-state index contributed by atoms with van der Waals surface area (Å²) in [4.78, 5) is 25.4. The highest BCUT2D eigenvalue weighted by molar-refractivity contribution is 5.75. The fraction of sp³-hybridized carbons (Fsp3) is 0.500. The lowest BCUT2D eigenvalue weighted by Crippen LogP contribution is -2.55. The molecule has 6 nitrogen and oxygen atoms in total. The first-order chi connectivity index (χ1) is 11.3. The summed E-state index contributed by atoms with van der Waals surface area (Å²) >= 11 is 0. The number of para-hydroxylation sites is 2. The van der Waals surface area contributed by atoms with Crippen molar-refractivity contribution < 1.29 is 9.53 Å². The molecule has 0 saturated carbocycles. The molecule has 0 bridgehead atoms. The molecule has 1 aliphatic heterocycles.